The van der Waals surface area contributed by atoms with Gasteiger partial charge >= 0.3 is 5.97 Å². The zero-order valence-corrected chi connectivity index (χ0v) is 20.5. The highest BCUT2D eigenvalue weighted by Gasteiger charge is 2.11. The summed E-state index contributed by atoms with van der Waals surface area (Å²) in [6.45, 7) is 9.49. The number of anilines is 1. The van der Waals surface area contributed by atoms with Crippen molar-refractivity contribution < 1.29 is 23.7 Å². The fourth-order valence-corrected chi connectivity index (χ4v) is 3.69. The highest BCUT2D eigenvalue weighted by Crippen LogP contribution is 2.22. The average Bonchev–Trinajstić information content (AvgIpc) is 2.89. The Balaban J connectivity index is 1.48. The number of hydrogen-bond acceptors (Lipinski definition) is 8. The predicted molar refractivity (Wildman–Crippen MR) is 136 cm³/mol. The number of nitriles is 1. The molecule has 0 spiro atoms. The molecule has 2 aromatic carbocycles. The van der Waals surface area contributed by atoms with Crippen LogP contribution in [0.3, 0.4) is 0 Å². The van der Waals surface area contributed by atoms with E-state index in [4.69, 9.17) is 18.9 Å². The van der Waals surface area contributed by atoms with Crippen LogP contribution in [0.2, 0.25) is 0 Å². The van der Waals surface area contributed by atoms with E-state index in [1.807, 2.05) is 43.3 Å². The quantitative estimate of drug-likeness (QED) is 0.190. The molecule has 0 aromatic heterocycles. The van der Waals surface area contributed by atoms with E-state index < -0.39 is 5.97 Å². The minimum Gasteiger partial charge on any atom is -0.459 e. The summed E-state index contributed by atoms with van der Waals surface area (Å²) < 4.78 is 21.2. The molecule has 0 radical (unpaired) electrons. The standard InChI is InChI=1S/C27H35N3O5/c1-2-11-32-14-15-34-16-17-35-27(31)25(21-28)19-22-3-4-24-20-26(6-5-23(24)18-22)29-7-8-30-9-12-33-13-10-30/h3-6,18-20,29H,2,7-17H2,1H3/b25-19+. The molecule has 1 aliphatic rings. The number of fused-ring (bicyclic) bond motifs is 1. The third-order valence-electron chi connectivity index (χ3n) is 5.56. The summed E-state index contributed by atoms with van der Waals surface area (Å²) in [6.07, 6.45) is 2.52. The molecule has 0 unspecified atom stereocenters. The van der Waals surface area contributed by atoms with Crippen molar-refractivity contribution in [1.82, 2.24) is 4.90 Å². The minimum absolute atomic E-state index is 0.0444. The Kier molecular flexibility index (Phi) is 11.5. The molecule has 1 aliphatic heterocycles. The first-order chi connectivity index (χ1) is 17.2. The summed E-state index contributed by atoms with van der Waals surface area (Å²) in [4.78, 5) is 14.7. The van der Waals surface area contributed by atoms with E-state index >= 15 is 0 Å². The summed E-state index contributed by atoms with van der Waals surface area (Å²) in [5.41, 5.74) is 1.79. The summed E-state index contributed by atoms with van der Waals surface area (Å²) in [5, 5.41) is 15.0. The van der Waals surface area contributed by atoms with Crippen molar-refractivity contribution in [3.8, 4) is 6.07 Å². The maximum Gasteiger partial charge on any atom is 0.348 e. The molecule has 0 saturated carbocycles. The van der Waals surface area contributed by atoms with Crippen molar-refractivity contribution >= 4 is 28.5 Å². The van der Waals surface area contributed by atoms with Gasteiger partial charge in [0.1, 0.15) is 18.2 Å². The Labute approximate surface area is 207 Å². The second kappa shape index (κ2) is 15.1. The van der Waals surface area contributed by atoms with E-state index in [1.54, 1.807) is 6.08 Å². The zero-order chi connectivity index (χ0) is 24.7. The molecule has 1 fully saturated rings. The van der Waals surface area contributed by atoms with E-state index in [1.165, 1.54) is 0 Å². The number of morpholine rings is 1. The van der Waals surface area contributed by atoms with Gasteiger partial charge in [0.25, 0.3) is 0 Å². The molecule has 0 amide bonds. The Morgan fingerprint density at radius 2 is 1.77 bits per heavy atom. The van der Waals surface area contributed by atoms with E-state index in [2.05, 4.69) is 16.3 Å². The van der Waals surface area contributed by atoms with Gasteiger partial charge in [-0.3, -0.25) is 4.90 Å². The number of carbonyl (C=O) groups is 1. The molecule has 2 aromatic rings. The van der Waals surface area contributed by atoms with Gasteiger partial charge in [0.15, 0.2) is 0 Å². The number of carbonyl (C=O) groups excluding carboxylic acids is 1. The molecule has 1 saturated heterocycles. The fourth-order valence-electron chi connectivity index (χ4n) is 3.69. The lowest BCUT2D eigenvalue weighted by atomic mass is 10.0. The highest BCUT2D eigenvalue weighted by molar-refractivity contribution is 5.98. The van der Waals surface area contributed by atoms with Crippen LogP contribution in [0.1, 0.15) is 18.9 Å². The van der Waals surface area contributed by atoms with Crippen LogP contribution in [0, 0.1) is 11.3 Å². The predicted octanol–water partition coefficient (Wildman–Crippen LogP) is 3.48. The number of ether oxygens (including phenoxy) is 4. The van der Waals surface area contributed by atoms with Crippen molar-refractivity contribution in [2.24, 2.45) is 0 Å². The lowest BCUT2D eigenvalue weighted by Crippen LogP contribution is -2.38. The van der Waals surface area contributed by atoms with Gasteiger partial charge in [0.2, 0.25) is 0 Å². The van der Waals surface area contributed by atoms with Gasteiger partial charge in [-0.25, -0.2) is 4.79 Å². The van der Waals surface area contributed by atoms with Crippen molar-refractivity contribution in [3.05, 3.63) is 47.5 Å². The lowest BCUT2D eigenvalue weighted by Gasteiger charge is -2.26. The molecule has 8 heteroatoms. The maximum atomic E-state index is 12.3. The summed E-state index contributed by atoms with van der Waals surface area (Å²) in [7, 11) is 0. The van der Waals surface area contributed by atoms with Crippen LogP contribution in [-0.2, 0) is 23.7 Å². The average molecular weight is 482 g/mol. The molecule has 1 heterocycles. The Hall–Kier alpha value is -2.96. The molecule has 0 bridgehead atoms. The van der Waals surface area contributed by atoms with Crippen LogP contribution >= 0.6 is 0 Å². The van der Waals surface area contributed by atoms with Gasteiger partial charge in [0.05, 0.1) is 33.0 Å². The van der Waals surface area contributed by atoms with E-state index in [9.17, 15) is 10.1 Å². The molecular formula is C27H35N3O5. The number of rotatable bonds is 14. The zero-order valence-electron chi connectivity index (χ0n) is 20.5. The topological polar surface area (TPSA) is 93.1 Å². The van der Waals surface area contributed by atoms with Gasteiger partial charge in [0, 0.05) is 38.5 Å². The van der Waals surface area contributed by atoms with Crippen LogP contribution in [-0.4, -0.2) is 83.3 Å². The van der Waals surface area contributed by atoms with E-state index in [-0.39, 0.29) is 18.8 Å². The SMILES string of the molecule is CCCOCCOCCOC(=O)/C(C#N)=C/c1ccc2cc(NCCN3CCOCC3)ccc2c1. The van der Waals surface area contributed by atoms with Gasteiger partial charge in [-0.15, -0.1) is 0 Å². The number of hydrogen-bond donors (Lipinski definition) is 1. The van der Waals surface area contributed by atoms with Gasteiger partial charge < -0.3 is 24.3 Å². The van der Waals surface area contributed by atoms with Gasteiger partial charge in [-0.05, 0) is 47.0 Å². The van der Waals surface area contributed by atoms with Gasteiger partial charge in [-0.2, -0.15) is 5.26 Å². The maximum absolute atomic E-state index is 12.3. The molecule has 35 heavy (non-hydrogen) atoms. The number of benzene rings is 2. The first-order valence-electron chi connectivity index (χ1n) is 12.2. The number of nitrogens with zero attached hydrogens (tertiary/aromatic N) is 2. The first kappa shape index (κ1) is 26.6. The third kappa shape index (κ3) is 9.30. The fraction of sp³-hybridized carbons (Fsp3) is 0.481. The highest BCUT2D eigenvalue weighted by atomic mass is 16.6. The third-order valence-corrected chi connectivity index (χ3v) is 5.56. The number of esters is 1. The minimum atomic E-state index is -0.654. The van der Waals surface area contributed by atoms with Crippen molar-refractivity contribution in [1.29, 1.82) is 5.26 Å². The Morgan fingerprint density at radius 3 is 2.54 bits per heavy atom. The summed E-state index contributed by atoms with van der Waals surface area (Å²) in [5.74, 6) is -0.654. The van der Waals surface area contributed by atoms with Gasteiger partial charge in [-0.1, -0.05) is 25.1 Å². The lowest BCUT2D eigenvalue weighted by molar-refractivity contribution is -0.140. The molecule has 8 nitrogen and oxygen atoms in total. The molecule has 3 rings (SSSR count). The van der Waals surface area contributed by atoms with Crippen LogP contribution in [0.4, 0.5) is 5.69 Å². The molecule has 0 atom stereocenters. The summed E-state index contributed by atoms with van der Waals surface area (Å²) in [6, 6.07) is 14.0. The van der Waals surface area contributed by atoms with Crippen molar-refractivity contribution in [3.63, 3.8) is 0 Å². The first-order valence-corrected chi connectivity index (χ1v) is 12.2. The number of nitrogens with one attached hydrogen (secondary N) is 1. The summed E-state index contributed by atoms with van der Waals surface area (Å²) >= 11 is 0. The molecular weight excluding hydrogens is 446 g/mol. The Morgan fingerprint density at radius 1 is 1.06 bits per heavy atom. The second-order valence-electron chi connectivity index (χ2n) is 8.23. The van der Waals surface area contributed by atoms with Crippen LogP contribution in [0.15, 0.2) is 42.0 Å². The second-order valence-corrected chi connectivity index (χ2v) is 8.23. The largest absolute Gasteiger partial charge is 0.459 e. The van der Waals surface area contributed by atoms with E-state index in [0.717, 1.165) is 67.8 Å². The molecule has 1 N–H and O–H groups in total. The molecule has 0 aliphatic carbocycles. The van der Waals surface area contributed by atoms with Crippen molar-refractivity contribution in [2.45, 2.75) is 13.3 Å². The normalized spacial score (nSPS) is 14.6. The van der Waals surface area contributed by atoms with Crippen LogP contribution in [0.5, 0.6) is 0 Å². The van der Waals surface area contributed by atoms with Crippen LogP contribution in [0.25, 0.3) is 16.8 Å². The van der Waals surface area contributed by atoms with Crippen LogP contribution < -0.4 is 5.32 Å². The molecule has 188 valence electrons. The smallest absolute Gasteiger partial charge is 0.348 e. The van der Waals surface area contributed by atoms with E-state index in [0.29, 0.717) is 19.8 Å². The monoisotopic (exact) mass is 481 g/mol. The Bertz CT molecular complexity index is 1010. The van der Waals surface area contributed by atoms with Crippen molar-refractivity contribution in [2.75, 3.05) is 77.7 Å².